The number of amides is 3. The summed E-state index contributed by atoms with van der Waals surface area (Å²) in [4.78, 5) is 37.5. The van der Waals surface area contributed by atoms with Gasteiger partial charge in [0.15, 0.2) is 0 Å². The van der Waals surface area contributed by atoms with Gasteiger partial charge in [0.1, 0.15) is 5.82 Å². The topological polar surface area (TPSA) is 96.5 Å². The second kappa shape index (κ2) is 8.79. The first kappa shape index (κ1) is 24.1. The van der Waals surface area contributed by atoms with E-state index in [2.05, 4.69) is 16.0 Å². The lowest BCUT2D eigenvalue weighted by Gasteiger charge is -2.39. The molecule has 0 saturated heterocycles. The van der Waals surface area contributed by atoms with Crippen molar-refractivity contribution in [3.8, 4) is 0 Å². The molecule has 3 aliphatic rings. The molecule has 190 valence electrons. The third-order valence-electron chi connectivity index (χ3n) is 7.34. The molecule has 2 bridgehead atoms. The summed E-state index contributed by atoms with van der Waals surface area (Å²) in [6, 6.07) is 7.79. The molecule has 11 heteroatoms. The van der Waals surface area contributed by atoms with Crippen LogP contribution in [0.25, 0.3) is 0 Å². The number of carbonyl (C=O) groups excluding carboxylic acids is 3. The van der Waals surface area contributed by atoms with E-state index in [-0.39, 0.29) is 22.9 Å². The van der Waals surface area contributed by atoms with Gasteiger partial charge in [-0.05, 0) is 73.6 Å². The number of rotatable bonds is 5. The van der Waals surface area contributed by atoms with Gasteiger partial charge >= 0.3 is 12.3 Å². The second-order valence-electron chi connectivity index (χ2n) is 9.54. The highest BCUT2D eigenvalue weighted by Crippen LogP contribution is 2.48. The Labute approximate surface area is 203 Å². The van der Waals surface area contributed by atoms with Crippen molar-refractivity contribution in [1.82, 2.24) is 10.6 Å². The van der Waals surface area contributed by atoms with Crippen LogP contribution >= 0.6 is 0 Å². The van der Waals surface area contributed by atoms with Crippen LogP contribution in [-0.4, -0.2) is 36.7 Å². The SMILES string of the molecule is O=C1Nc2ccc(C(=O)NC3CC4CCC3C4)cc2C(CNC(=O)c2ccc(F)cc2)(C(F)(F)F)O1. The molecule has 4 atom stereocenters. The number of ether oxygens (including phenoxy) is 1. The van der Waals surface area contributed by atoms with Crippen molar-refractivity contribution in [2.24, 2.45) is 11.8 Å². The number of cyclic esters (lactones) is 1. The van der Waals surface area contributed by atoms with Gasteiger partial charge in [0.05, 0.1) is 12.2 Å². The molecule has 5 rings (SSSR count). The van der Waals surface area contributed by atoms with Crippen LogP contribution in [0.5, 0.6) is 0 Å². The largest absolute Gasteiger partial charge is 0.434 e. The maximum Gasteiger partial charge on any atom is 0.434 e. The second-order valence-corrected chi connectivity index (χ2v) is 9.54. The van der Waals surface area contributed by atoms with Crippen LogP contribution in [-0.2, 0) is 10.3 Å². The molecule has 4 unspecified atom stereocenters. The minimum atomic E-state index is -5.14. The molecule has 36 heavy (non-hydrogen) atoms. The van der Waals surface area contributed by atoms with Gasteiger partial charge in [-0.2, -0.15) is 13.2 Å². The Balaban J connectivity index is 1.44. The van der Waals surface area contributed by atoms with Crippen molar-refractivity contribution < 1.29 is 36.7 Å². The van der Waals surface area contributed by atoms with E-state index in [1.165, 1.54) is 12.1 Å². The molecular formula is C25H23F4N3O4. The average molecular weight is 505 g/mol. The molecule has 1 heterocycles. The lowest BCUT2D eigenvalue weighted by molar-refractivity contribution is -0.261. The van der Waals surface area contributed by atoms with Gasteiger partial charge in [0.25, 0.3) is 17.4 Å². The van der Waals surface area contributed by atoms with E-state index in [0.29, 0.717) is 11.8 Å². The first-order chi connectivity index (χ1) is 17.1. The summed E-state index contributed by atoms with van der Waals surface area (Å²) < 4.78 is 61.5. The molecule has 2 aliphatic carbocycles. The van der Waals surface area contributed by atoms with Crippen LogP contribution < -0.4 is 16.0 Å². The summed E-state index contributed by atoms with van der Waals surface area (Å²) in [7, 11) is 0. The highest BCUT2D eigenvalue weighted by Gasteiger charge is 2.62. The molecular weight excluding hydrogens is 482 g/mol. The minimum Gasteiger partial charge on any atom is -0.426 e. The number of anilines is 1. The summed E-state index contributed by atoms with van der Waals surface area (Å²) in [5.41, 5.74) is -4.03. The van der Waals surface area contributed by atoms with E-state index in [0.717, 1.165) is 56.0 Å². The zero-order valence-corrected chi connectivity index (χ0v) is 19.0. The summed E-state index contributed by atoms with van der Waals surface area (Å²) in [6.07, 6.45) is -2.46. The van der Waals surface area contributed by atoms with Gasteiger partial charge in [-0.1, -0.05) is 6.42 Å². The first-order valence-electron chi connectivity index (χ1n) is 11.6. The molecule has 2 saturated carbocycles. The summed E-state index contributed by atoms with van der Waals surface area (Å²) in [5.74, 6) is -1.11. The van der Waals surface area contributed by atoms with Crippen LogP contribution in [0, 0.1) is 17.7 Å². The lowest BCUT2D eigenvalue weighted by Crippen LogP contribution is -2.56. The number of halogens is 4. The quantitative estimate of drug-likeness (QED) is 0.522. The number of alkyl halides is 3. The maximum absolute atomic E-state index is 14.5. The molecule has 2 fully saturated rings. The Morgan fingerprint density at radius 1 is 1.03 bits per heavy atom. The Morgan fingerprint density at radius 3 is 2.39 bits per heavy atom. The van der Waals surface area contributed by atoms with Crippen LogP contribution in [0.1, 0.15) is 52.0 Å². The Kier molecular flexibility index (Phi) is 5.88. The zero-order chi connectivity index (χ0) is 25.7. The zero-order valence-electron chi connectivity index (χ0n) is 19.0. The van der Waals surface area contributed by atoms with Crippen LogP contribution in [0.15, 0.2) is 42.5 Å². The third kappa shape index (κ3) is 4.27. The van der Waals surface area contributed by atoms with Gasteiger partial charge in [0, 0.05) is 22.7 Å². The number of nitrogens with one attached hydrogen (secondary N) is 3. The lowest BCUT2D eigenvalue weighted by atomic mass is 9.88. The fourth-order valence-electron chi connectivity index (χ4n) is 5.50. The van der Waals surface area contributed by atoms with Crippen molar-refractivity contribution in [1.29, 1.82) is 0 Å². The summed E-state index contributed by atoms with van der Waals surface area (Å²) >= 11 is 0. The van der Waals surface area contributed by atoms with Gasteiger partial charge < -0.3 is 15.4 Å². The van der Waals surface area contributed by atoms with E-state index in [9.17, 15) is 31.9 Å². The number of hydrogen-bond donors (Lipinski definition) is 3. The number of fused-ring (bicyclic) bond motifs is 3. The van der Waals surface area contributed by atoms with Crippen LogP contribution in [0.3, 0.4) is 0 Å². The summed E-state index contributed by atoms with van der Waals surface area (Å²) in [6.45, 7) is -1.15. The molecule has 3 amide bonds. The summed E-state index contributed by atoms with van der Waals surface area (Å²) in [5, 5.41) is 7.30. The van der Waals surface area contributed by atoms with Gasteiger partial charge in [-0.15, -0.1) is 0 Å². The third-order valence-corrected chi connectivity index (χ3v) is 7.34. The highest BCUT2D eigenvalue weighted by molar-refractivity contribution is 5.97. The van der Waals surface area contributed by atoms with E-state index in [4.69, 9.17) is 4.74 Å². The number of hydrogen-bond acceptors (Lipinski definition) is 4. The van der Waals surface area contributed by atoms with E-state index in [1.807, 2.05) is 0 Å². The van der Waals surface area contributed by atoms with Gasteiger partial charge in [0.2, 0.25) is 0 Å². The first-order valence-corrected chi connectivity index (χ1v) is 11.6. The molecule has 0 radical (unpaired) electrons. The van der Waals surface area contributed by atoms with Crippen molar-refractivity contribution in [3.05, 3.63) is 65.0 Å². The van der Waals surface area contributed by atoms with E-state index in [1.54, 1.807) is 0 Å². The molecule has 7 nitrogen and oxygen atoms in total. The Hall–Kier alpha value is -3.63. The predicted octanol–water partition coefficient (Wildman–Crippen LogP) is 4.49. The average Bonchev–Trinajstić information content (AvgIpc) is 3.45. The Morgan fingerprint density at radius 2 is 1.75 bits per heavy atom. The molecule has 0 aromatic heterocycles. The molecule has 3 N–H and O–H groups in total. The van der Waals surface area contributed by atoms with Crippen LogP contribution in [0.2, 0.25) is 0 Å². The van der Waals surface area contributed by atoms with E-state index >= 15 is 0 Å². The van der Waals surface area contributed by atoms with Gasteiger partial charge in [-0.3, -0.25) is 14.9 Å². The van der Waals surface area contributed by atoms with Crippen molar-refractivity contribution in [3.63, 3.8) is 0 Å². The normalized spacial score (nSPS) is 26.6. The standard InChI is InChI=1S/C25H23F4N3O4/c26-17-6-3-14(4-7-17)21(33)30-12-24(25(27,28)29)18-11-16(5-8-19(18)32-23(35)36-24)22(34)31-20-10-13-1-2-15(20)9-13/h3-8,11,13,15,20H,1-2,9-10,12H2,(H,30,33)(H,31,34)(H,32,35). The molecule has 0 spiro atoms. The molecule has 2 aromatic rings. The van der Waals surface area contributed by atoms with Crippen molar-refractivity contribution in [2.75, 3.05) is 11.9 Å². The molecule has 2 aromatic carbocycles. The fraction of sp³-hybridized carbons (Fsp3) is 0.400. The maximum atomic E-state index is 14.5. The van der Waals surface area contributed by atoms with Gasteiger partial charge in [-0.25, -0.2) is 9.18 Å². The number of benzene rings is 2. The van der Waals surface area contributed by atoms with Crippen LogP contribution in [0.4, 0.5) is 28.0 Å². The highest BCUT2D eigenvalue weighted by atomic mass is 19.4. The predicted molar refractivity (Wildman–Crippen MR) is 120 cm³/mol. The Bertz CT molecular complexity index is 1220. The van der Waals surface area contributed by atoms with E-state index < -0.39 is 47.6 Å². The van der Waals surface area contributed by atoms with Crippen molar-refractivity contribution in [2.45, 2.75) is 43.5 Å². The monoisotopic (exact) mass is 505 g/mol. The number of carbonyl (C=O) groups is 3. The van der Waals surface area contributed by atoms with Crippen molar-refractivity contribution >= 4 is 23.6 Å². The molecule has 1 aliphatic heterocycles. The fourth-order valence-corrected chi connectivity index (χ4v) is 5.50. The minimum absolute atomic E-state index is 0.0187. The smallest absolute Gasteiger partial charge is 0.426 e.